The minimum Gasteiger partial charge on any atom is -0.508 e. The number of carboxylic acid groups (broad SMARTS) is 1. The van der Waals surface area contributed by atoms with Crippen molar-refractivity contribution in [1.82, 2.24) is 0 Å². The van der Waals surface area contributed by atoms with Crippen molar-refractivity contribution in [3.05, 3.63) is 29.3 Å². The van der Waals surface area contributed by atoms with Gasteiger partial charge in [-0.15, -0.1) is 0 Å². The molecule has 0 aliphatic heterocycles. The molecule has 1 fully saturated rings. The van der Waals surface area contributed by atoms with E-state index >= 15 is 0 Å². The molecule has 0 heterocycles. The number of rotatable bonds is 3. The van der Waals surface area contributed by atoms with Crippen molar-refractivity contribution in [2.24, 2.45) is 17.3 Å². The summed E-state index contributed by atoms with van der Waals surface area (Å²) in [5.74, 6) is -0.101. The van der Waals surface area contributed by atoms with Crippen LogP contribution in [0.5, 0.6) is 5.75 Å². The third-order valence-electron chi connectivity index (χ3n) is 6.01. The number of halogens is 1. The van der Waals surface area contributed by atoms with Crippen LogP contribution in [0.25, 0.3) is 0 Å². The Balaban J connectivity index is 1.97. The van der Waals surface area contributed by atoms with Gasteiger partial charge >= 0.3 is 5.97 Å². The fourth-order valence-electron chi connectivity index (χ4n) is 4.80. The summed E-state index contributed by atoms with van der Waals surface area (Å²) in [7, 11) is 0. The molecule has 0 saturated heterocycles. The van der Waals surface area contributed by atoms with Crippen molar-refractivity contribution in [2.75, 3.05) is 6.67 Å². The van der Waals surface area contributed by atoms with E-state index in [-0.39, 0.29) is 17.6 Å². The summed E-state index contributed by atoms with van der Waals surface area (Å²) in [6, 6.07) is 5.49. The van der Waals surface area contributed by atoms with Gasteiger partial charge in [-0.2, -0.15) is 0 Å². The highest BCUT2D eigenvalue weighted by atomic mass is 19.1. The second kappa shape index (κ2) is 5.56. The summed E-state index contributed by atoms with van der Waals surface area (Å²) in [6.45, 7) is 1.33. The first kappa shape index (κ1) is 15.3. The summed E-state index contributed by atoms with van der Waals surface area (Å²) in [4.78, 5) is 11.8. The smallest absolute Gasteiger partial charge is 0.309 e. The lowest BCUT2D eigenvalue weighted by Crippen LogP contribution is -2.47. The average Bonchev–Trinajstić information content (AvgIpc) is 2.49. The summed E-state index contributed by atoms with van der Waals surface area (Å²) in [5.41, 5.74) is 1.58. The maximum absolute atomic E-state index is 13.1. The number of alkyl halides is 1. The number of hydrogen-bond donors (Lipinski definition) is 2. The van der Waals surface area contributed by atoms with Crippen LogP contribution in [0.2, 0.25) is 0 Å². The Morgan fingerprint density at radius 2 is 2.18 bits per heavy atom. The minimum absolute atomic E-state index is 0.115. The molecule has 2 aliphatic rings. The highest BCUT2D eigenvalue weighted by Gasteiger charge is 2.51. The van der Waals surface area contributed by atoms with E-state index in [9.17, 15) is 19.4 Å². The Morgan fingerprint density at radius 1 is 1.41 bits per heavy atom. The van der Waals surface area contributed by atoms with Crippen molar-refractivity contribution in [3.63, 3.8) is 0 Å². The molecule has 4 heteroatoms. The SMILES string of the molecule is C[C@]1(C(=O)O)CCC2c3ccc(O)cc3CCC2[C@H]1CCF. The number of carbonyl (C=O) groups is 1. The lowest BCUT2D eigenvalue weighted by atomic mass is 9.54. The Kier molecular flexibility index (Phi) is 3.87. The topological polar surface area (TPSA) is 57.5 Å². The van der Waals surface area contributed by atoms with Crippen LogP contribution < -0.4 is 0 Å². The standard InChI is InChI=1S/C18H23FO3/c1-18(17(21)22)8-6-14-13-5-3-12(20)10-11(13)2-4-15(14)16(18)7-9-19/h3,5,10,14-16,20H,2,4,6-9H2,1H3,(H,21,22)/t14?,15?,16-,18+/m1/s1. The monoisotopic (exact) mass is 306 g/mol. The lowest BCUT2D eigenvalue weighted by molar-refractivity contribution is -0.157. The predicted octanol–water partition coefficient (Wildman–Crippen LogP) is 3.90. The Labute approximate surface area is 130 Å². The van der Waals surface area contributed by atoms with Crippen molar-refractivity contribution in [2.45, 2.75) is 44.9 Å². The number of aryl methyl sites for hydroxylation is 1. The largest absolute Gasteiger partial charge is 0.508 e. The highest BCUT2D eigenvalue weighted by Crippen LogP contribution is 2.56. The van der Waals surface area contributed by atoms with Crippen molar-refractivity contribution >= 4 is 5.97 Å². The van der Waals surface area contributed by atoms with E-state index in [1.165, 1.54) is 11.1 Å². The third-order valence-corrected chi connectivity index (χ3v) is 6.01. The van der Waals surface area contributed by atoms with E-state index in [2.05, 4.69) is 0 Å². The maximum Gasteiger partial charge on any atom is 0.309 e. The van der Waals surface area contributed by atoms with Crippen LogP contribution in [0.15, 0.2) is 18.2 Å². The van der Waals surface area contributed by atoms with E-state index in [4.69, 9.17) is 0 Å². The molecule has 2 aliphatic carbocycles. The predicted molar refractivity (Wildman–Crippen MR) is 81.7 cm³/mol. The molecular weight excluding hydrogens is 283 g/mol. The molecule has 1 aromatic rings. The first-order chi connectivity index (χ1) is 10.5. The fraction of sp³-hybridized carbons (Fsp3) is 0.611. The maximum atomic E-state index is 13.1. The zero-order valence-electron chi connectivity index (χ0n) is 12.9. The highest BCUT2D eigenvalue weighted by molar-refractivity contribution is 5.75. The first-order valence-electron chi connectivity index (χ1n) is 8.08. The average molecular weight is 306 g/mol. The van der Waals surface area contributed by atoms with Gasteiger partial charge in [0.2, 0.25) is 0 Å². The van der Waals surface area contributed by atoms with Crippen LogP contribution in [0.4, 0.5) is 4.39 Å². The van der Waals surface area contributed by atoms with Gasteiger partial charge in [-0.05, 0) is 80.0 Å². The number of aromatic hydroxyl groups is 1. The molecule has 4 atom stereocenters. The van der Waals surface area contributed by atoms with E-state index < -0.39 is 18.1 Å². The molecule has 3 rings (SSSR count). The summed E-state index contributed by atoms with van der Waals surface area (Å²) in [6.07, 6.45) is 3.47. The van der Waals surface area contributed by atoms with E-state index in [0.29, 0.717) is 18.8 Å². The normalized spacial score (nSPS) is 33.8. The second-order valence-electron chi connectivity index (χ2n) is 7.04. The number of aliphatic carboxylic acids is 1. The summed E-state index contributed by atoms with van der Waals surface area (Å²) in [5, 5.41) is 19.3. The van der Waals surface area contributed by atoms with E-state index in [0.717, 1.165) is 19.3 Å². The van der Waals surface area contributed by atoms with Gasteiger partial charge in [0, 0.05) is 0 Å². The molecule has 0 aromatic heterocycles. The Hall–Kier alpha value is -1.58. The number of fused-ring (bicyclic) bond motifs is 3. The van der Waals surface area contributed by atoms with Crippen LogP contribution in [-0.4, -0.2) is 22.9 Å². The van der Waals surface area contributed by atoms with Gasteiger partial charge in [-0.3, -0.25) is 9.18 Å². The summed E-state index contributed by atoms with van der Waals surface area (Å²) >= 11 is 0. The third kappa shape index (κ3) is 2.29. The Bertz CT molecular complexity index is 586. The van der Waals surface area contributed by atoms with Crippen LogP contribution in [0.1, 0.15) is 49.7 Å². The molecule has 22 heavy (non-hydrogen) atoms. The second-order valence-corrected chi connectivity index (χ2v) is 7.04. The minimum atomic E-state index is -0.818. The molecule has 2 unspecified atom stereocenters. The molecular formula is C18H23FO3. The van der Waals surface area contributed by atoms with Gasteiger partial charge in [0.15, 0.2) is 0 Å². The molecule has 0 amide bonds. The zero-order chi connectivity index (χ0) is 15.9. The van der Waals surface area contributed by atoms with Gasteiger partial charge in [-0.1, -0.05) is 6.07 Å². The van der Waals surface area contributed by atoms with Gasteiger partial charge in [-0.25, -0.2) is 0 Å². The van der Waals surface area contributed by atoms with Crippen LogP contribution >= 0.6 is 0 Å². The quantitative estimate of drug-likeness (QED) is 0.890. The van der Waals surface area contributed by atoms with Crippen LogP contribution in [0, 0.1) is 17.3 Å². The van der Waals surface area contributed by atoms with Gasteiger partial charge < -0.3 is 10.2 Å². The van der Waals surface area contributed by atoms with Gasteiger partial charge in [0.05, 0.1) is 12.1 Å². The van der Waals surface area contributed by atoms with Gasteiger partial charge in [0.25, 0.3) is 0 Å². The molecule has 1 aromatic carbocycles. The zero-order valence-corrected chi connectivity index (χ0v) is 12.9. The van der Waals surface area contributed by atoms with E-state index in [1.54, 1.807) is 13.0 Å². The van der Waals surface area contributed by atoms with Crippen molar-refractivity contribution in [1.29, 1.82) is 0 Å². The molecule has 120 valence electrons. The number of carboxylic acids is 1. The van der Waals surface area contributed by atoms with Crippen LogP contribution in [0.3, 0.4) is 0 Å². The molecule has 3 nitrogen and oxygen atoms in total. The number of benzene rings is 1. The number of hydrogen-bond acceptors (Lipinski definition) is 2. The van der Waals surface area contributed by atoms with Crippen molar-refractivity contribution in [3.8, 4) is 5.75 Å². The Morgan fingerprint density at radius 3 is 2.86 bits per heavy atom. The molecule has 2 N–H and O–H groups in total. The van der Waals surface area contributed by atoms with E-state index in [1.807, 2.05) is 12.1 Å². The molecule has 0 bridgehead atoms. The molecule has 0 spiro atoms. The fourth-order valence-corrected chi connectivity index (χ4v) is 4.80. The van der Waals surface area contributed by atoms with Crippen molar-refractivity contribution < 1.29 is 19.4 Å². The van der Waals surface area contributed by atoms with Gasteiger partial charge in [0.1, 0.15) is 5.75 Å². The lowest BCUT2D eigenvalue weighted by Gasteiger charge is -2.50. The molecule has 0 radical (unpaired) electrons. The molecule has 1 saturated carbocycles. The number of phenolic OH excluding ortho intramolecular Hbond substituents is 1. The number of phenols is 1. The summed E-state index contributed by atoms with van der Waals surface area (Å²) < 4.78 is 13.1. The van der Waals surface area contributed by atoms with Crippen LogP contribution in [-0.2, 0) is 11.2 Å². The first-order valence-corrected chi connectivity index (χ1v) is 8.08.